The number of hydrogen-bond acceptors (Lipinski definition) is 5. The number of nitrogens with two attached hydrogens (primary N) is 1. The maximum Gasteiger partial charge on any atom is 0.141 e. The van der Waals surface area contributed by atoms with Crippen LogP contribution in [0.4, 0.5) is 0 Å². The molecule has 1 aliphatic rings. The summed E-state index contributed by atoms with van der Waals surface area (Å²) in [6.45, 7) is 0. The summed E-state index contributed by atoms with van der Waals surface area (Å²) >= 11 is 7.45. The van der Waals surface area contributed by atoms with Crippen molar-refractivity contribution < 1.29 is 9.47 Å². The summed E-state index contributed by atoms with van der Waals surface area (Å²) < 4.78 is 11.6. The van der Waals surface area contributed by atoms with E-state index < -0.39 is 0 Å². The molecule has 0 aliphatic carbocycles. The second-order valence-electron chi connectivity index (χ2n) is 4.21. The number of ether oxygens (including phenoxy) is 2. The molecule has 1 aromatic carbocycles. The van der Waals surface area contributed by atoms with Gasteiger partial charge in [0.1, 0.15) is 16.0 Å². The minimum Gasteiger partial charge on any atom is -0.495 e. The summed E-state index contributed by atoms with van der Waals surface area (Å²) in [5, 5.41) is 0.438. The summed E-state index contributed by atoms with van der Waals surface area (Å²) in [7, 11) is 3.31. The maximum absolute atomic E-state index is 6.43. The van der Waals surface area contributed by atoms with Crippen molar-refractivity contribution in [1.29, 1.82) is 0 Å². The molecule has 0 bridgehead atoms. The first-order valence-corrected chi connectivity index (χ1v) is 9.04. The quantitative estimate of drug-likeness (QED) is 0.888. The van der Waals surface area contributed by atoms with E-state index in [-0.39, 0.29) is 6.04 Å². The lowest BCUT2D eigenvalue weighted by atomic mass is 10.0. The third kappa shape index (κ3) is 3.35. The van der Waals surface area contributed by atoms with Crippen molar-refractivity contribution in [2.75, 3.05) is 31.5 Å². The fourth-order valence-corrected chi connectivity index (χ4v) is 5.57. The molecular formula is C13H18BrNO2S2. The van der Waals surface area contributed by atoms with Crippen LogP contribution in [0.5, 0.6) is 11.5 Å². The van der Waals surface area contributed by atoms with E-state index >= 15 is 0 Å². The summed E-state index contributed by atoms with van der Waals surface area (Å²) in [6, 6.07) is 3.92. The Balaban J connectivity index is 2.30. The molecule has 6 heteroatoms. The van der Waals surface area contributed by atoms with Crippen LogP contribution in [0.3, 0.4) is 0 Å². The Hall–Kier alpha value is -0.0400. The Kier molecular flexibility index (Phi) is 5.74. The third-order valence-electron chi connectivity index (χ3n) is 3.12. The van der Waals surface area contributed by atoms with Gasteiger partial charge in [0.15, 0.2) is 0 Å². The standard InChI is InChI=1S/C13H18BrNO2S2/c1-16-9-4-3-8(13(17-2)11(9)14)12(15)10-7-18-5-6-19-10/h3-4,10,12H,5-7,15H2,1-2H3. The number of thioether (sulfide) groups is 2. The number of halogens is 1. The second kappa shape index (κ2) is 7.11. The lowest BCUT2D eigenvalue weighted by Crippen LogP contribution is -2.29. The summed E-state index contributed by atoms with van der Waals surface area (Å²) in [5.74, 6) is 5.03. The molecule has 2 N–H and O–H groups in total. The number of hydrogen-bond donors (Lipinski definition) is 1. The second-order valence-corrected chi connectivity index (χ2v) is 7.50. The van der Waals surface area contributed by atoms with E-state index in [1.165, 1.54) is 11.5 Å². The Morgan fingerprint density at radius 1 is 1.32 bits per heavy atom. The number of rotatable bonds is 4. The highest BCUT2D eigenvalue weighted by molar-refractivity contribution is 9.10. The molecular weight excluding hydrogens is 346 g/mol. The topological polar surface area (TPSA) is 44.5 Å². The highest BCUT2D eigenvalue weighted by Gasteiger charge is 2.26. The summed E-state index contributed by atoms with van der Waals surface area (Å²) in [4.78, 5) is 0. The first kappa shape index (κ1) is 15.4. The molecule has 1 aromatic rings. The van der Waals surface area contributed by atoms with Crippen molar-refractivity contribution in [3.8, 4) is 11.5 Å². The zero-order valence-electron chi connectivity index (χ0n) is 11.0. The molecule has 1 fully saturated rings. The predicted octanol–water partition coefficient (Wildman–Crippen LogP) is 3.31. The van der Waals surface area contributed by atoms with Gasteiger partial charge in [-0.15, -0.1) is 0 Å². The van der Waals surface area contributed by atoms with E-state index in [0.717, 1.165) is 27.3 Å². The van der Waals surface area contributed by atoms with Gasteiger partial charge in [0, 0.05) is 34.1 Å². The van der Waals surface area contributed by atoms with E-state index in [0.29, 0.717) is 5.25 Å². The molecule has 0 spiro atoms. The van der Waals surface area contributed by atoms with Gasteiger partial charge in [-0.1, -0.05) is 0 Å². The molecule has 0 radical (unpaired) electrons. The maximum atomic E-state index is 6.43. The van der Waals surface area contributed by atoms with Crippen molar-refractivity contribution in [2.45, 2.75) is 11.3 Å². The lowest BCUT2D eigenvalue weighted by Gasteiger charge is -2.28. The molecule has 19 heavy (non-hydrogen) atoms. The average Bonchev–Trinajstić information content (AvgIpc) is 2.47. The number of methoxy groups -OCH3 is 2. The van der Waals surface area contributed by atoms with Crippen LogP contribution < -0.4 is 15.2 Å². The van der Waals surface area contributed by atoms with Crippen LogP contribution in [0, 0.1) is 0 Å². The van der Waals surface area contributed by atoms with Gasteiger partial charge < -0.3 is 15.2 Å². The molecule has 1 heterocycles. The first-order valence-electron chi connectivity index (χ1n) is 6.04. The van der Waals surface area contributed by atoms with Crippen molar-refractivity contribution >= 4 is 39.5 Å². The van der Waals surface area contributed by atoms with E-state index in [1.54, 1.807) is 14.2 Å². The molecule has 1 aliphatic heterocycles. The normalized spacial score (nSPS) is 20.9. The zero-order chi connectivity index (χ0) is 13.8. The van der Waals surface area contributed by atoms with Crippen molar-refractivity contribution in [1.82, 2.24) is 0 Å². The molecule has 0 saturated carbocycles. The SMILES string of the molecule is COc1ccc(C(N)C2CSCCS2)c(OC)c1Br. The van der Waals surface area contributed by atoms with Crippen LogP contribution in [0.2, 0.25) is 0 Å². The van der Waals surface area contributed by atoms with Crippen LogP contribution >= 0.6 is 39.5 Å². The summed E-state index contributed by atoms with van der Waals surface area (Å²) in [5.41, 5.74) is 7.47. The highest BCUT2D eigenvalue weighted by atomic mass is 79.9. The van der Waals surface area contributed by atoms with Crippen LogP contribution in [0.1, 0.15) is 11.6 Å². The predicted molar refractivity (Wildman–Crippen MR) is 87.7 cm³/mol. The minimum absolute atomic E-state index is 0.0186. The van der Waals surface area contributed by atoms with E-state index in [1.807, 2.05) is 35.7 Å². The smallest absolute Gasteiger partial charge is 0.141 e. The Morgan fingerprint density at radius 3 is 2.68 bits per heavy atom. The van der Waals surface area contributed by atoms with Gasteiger partial charge >= 0.3 is 0 Å². The number of benzene rings is 1. The summed E-state index contributed by atoms with van der Waals surface area (Å²) in [6.07, 6.45) is 0. The van der Waals surface area contributed by atoms with E-state index in [4.69, 9.17) is 15.2 Å². The zero-order valence-corrected chi connectivity index (χ0v) is 14.2. The first-order chi connectivity index (χ1) is 9.19. The fourth-order valence-electron chi connectivity index (χ4n) is 2.09. The van der Waals surface area contributed by atoms with Crippen molar-refractivity contribution in [3.05, 3.63) is 22.2 Å². The molecule has 2 rings (SSSR count). The van der Waals surface area contributed by atoms with Gasteiger partial charge in [-0.3, -0.25) is 0 Å². The van der Waals surface area contributed by atoms with Gasteiger partial charge in [-0.25, -0.2) is 0 Å². The molecule has 106 valence electrons. The Morgan fingerprint density at radius 2 is 2.11 bits per heavy atom. The Labute approximate surface area is 131 Å². The van der Waals surface area contributed by atoms with E-state index in [2.05, 4.69) is 15.9 Å². The van der Waals surface area contributed by atoms with Crippen LogP contribution in [-0.4, -0.2) is 36.7 Å². The van der Waals surface area contributed by atoms with Gasteiger partial charge in [0.2, 0.25) is 0 Å². The molecule has 1 saturated heterocycles. The molecule has 3 nitrogen and oxygen atoms in total. The third-order valence-corrected chi connectivity index (χ3v) is 6.75. The fraction of sp³-hybridized carbons (Fsp3) is 0.538. The highest BCUT2D eigenvalue weighted by Crippen LogP contribution is 2.42. The van der Waals surface area contributed by atoms with Crippen LogP contribution in [-0.2, 0) is 0 Å². The minimum atomic E-state index is -0.0186. The van der Waals surface area contributed by atoms with Gasteiger partial charge in [0.05, 0.1) is 14.2 Å². The van der Waals surface area contributed by atoms with Crippen LogP contribution in [0.25, 0.3) is 0 Å². The van der Waals surface area contributed by atoms with Gasteiger partial charge in [-0.05, 0) is 28.1 Å². The van der Waals surface area contributed by atoms with Gasteiger partial charge in [-0.2, -0.15) is 23.5 Å². The largest absolute Gasteiger partial charge is 0.495 e. The Bertz CT molecular complexity index is 439. The van der Waals surface area contributed by atoms with Gasteiger partial charge in [0.25, 0.3) is 0 Å². The molecule has 0 aromatic heterocycles. The van der Waals surface area contributed by atoms with E-state index in [9.17, 15) is 0 Å². The molecule has 0 amide bonds. The van der Waals surface area contributed by atoms with Crippen LogP contribution in [0.15, 0.2) is 16.6 Å². The lowest BCUT2D eigenvalue weighted by molar-refractivity contribution is 0.383. The monoisotopic (exact) mass is 363 g/mol. The molecule has 2 unspecified atom stereocenters. The molecule has 2 atom stereocenters. The average molecular weight is 364 g/mol. The van der Waals surface area contributed by atoms with Crippen molar-refractivity contribution in [3.63, 3.8) is 0 Å². The van der Waals surface area contributed by atoms with Crippen molar-refractivity contribution in [2.24, 2.45) is 5.73 Å².